The van der Waals surface area contributed by atoms with E-state index >= 15 is 0 Å². The van der Waals surface area contributed by atoms with Gasteiger partial charge in [0.25, 0.3) is 0 Å². The number of aliphatic hydroxyl groups excluding tert-OH is 2. The van der Waals surface area contributed by atoms with Crippen LogP contribution in [0, 0.1) is 0 Å². The molecule has 0 saturated carbocycles. The fourth-order valence-electron chi connectivity index (χ4n) is 2.52. The summed E-state index contributed by atoms with van der Waals surface area (Å²) in [5, 5.41) is 21.6. The molecule has 3 N–H and O–H groups in total. The van der Waals surface area contributed by atoms with Crippen LogP contribution in [0.1, 0.15) is 30.0 Å². The SMILES string of the molecule is COc1ccc2c(c1)C(NC(CO)CO)CCC2. The summed E-state index contributed by atoms with van der Waals surface area (Å²) in [6.07, 6.45) is 3.23. The molecule has 4 heteroatoms. The average molecular weight is 251 g/mol. The van der Waals surface area contributed by atoms with Crippen LogP contribution in [0.2, 0.25) is 0 Å². The topological polar surface area (TPSA) is 61.7 Å². The van der Waals surface area contributed by atoms with Gasteiger partial charge in [-0.1, -0.05) is 6.07 Å². The van der Waals surface area contributed by atoms with Crippen LogP contribution in [0.25, 0.3) is 0 Å². The number of aryl methyl sites for hydroxylation is 1. The van der Waals surface area contributed by atoms with Crippen molar-refractivity contribution in [3.63, 3.8) is 0 Å². The normalized spacial score (nSPS) is 18.8. The van der Waals surface area contributed by atoms with Crippen LogP contribution in [0.4, 0.5) is 0 Å². The molecule has 0 amide bonds. The lowest BCUT2D eigenvalue weighted by molar-refractivity contribution is 0.159. The van der Waals surface area contributed by atoms with Crippen molar-refractivity contribution in [2.45, 2.75) is 31.3 Å². The molecule has 100 valence electrons. The summed E-state index contributed by atoms with van der Waals surface area (Å²) in [7, 11) is 1.66. The summed E-state index contributed by atoms with van der Waals surface area (Å²) in [4.78, 5) is 0. The molecule has 0 aliphatic heterocycles. The Morgan fingerprint density at radius 1 is 1.39 bits per heavy atom. The fraction of sp³-hybridized carbons (Fsp3) is 0.571. The van der Waals surface area contributed by atoms with Gasteiger partial charge in [0.05, 0.1) is 26.4 Å². The first-order valence-corrected chi connectivity index (χ1v) is 6.43. The number of nitrogens with one attached hydrogen (secondary N) is 1. The Balaban J connectivity index is 2.20. The van der Waals surface area contributed by atoms with Crippen molar-refractivity contribution in [2.24, 2.45) is 0 Å². The first-order chi connectivity index (χ1) is 8.78. The Morgan fingerprint density at radius 2 is 2.17 bits per heavy atom. The summed E-state index contributed by atoms with van der Waals surface area (Å²) in [5.41, 5.74) is 2.56. The van der Waals surface area contributed by atoms with Crippen LogP contribution in [-0.4, -0.2) is 36.6 Å². The van der Waals surface area contributed by atoms with E-state index in [2.05, 4.69) is 17.4 Å². The molecule has 1 aromatic carbocycles. The van der Waals surface area contributed by atoms with Crippen molar-refractivity contribution in [3.05, 3.63) is 29.3 Å². The zero-order valence-electron chi connectivity index (χ0n) is 10.7. The number of ether oxygens (including phenoxy) is 1. The zero-order chi connectivity index (χ0) is 13.0. The van der Waals surface area contributed by atoms with Crippen molar-refractivity contribution < 1.29 is 14.9 Å². The molecule has 0 spiro atoms. The highest BCUT2D eigenvalue weighted by Crippen LogP contribution is 2.32. The monoisotopic (exact) mass is 251 g/mol. The molecule has 2 rings (SSSR count). The number of methoxy groups -OCH3 is 1. The standard InChI is InChI=1S/C14H21NO3/c1-18-12-6-5-10-3-2-4-14(13(10)7-12)15-11(8-16)9-17/h5-7,11,14-17H,2-4,8-9H2,1H3. The first kappa shape index (κ1) is 13.3. The molecule has 1 aliphatic carbocycles. The van der Waals surface area contributed by atoms with E-state index in [1.54, 1.807) is 7.11 Å². The molecule has 0 bridgehead atoms. The van der Waals surface area contributed by atoms with Crippen LogP contribution in [0.3, 0.4) is 0 Å². The van der Waals surface area contributed by atoms with E-state index in [1.807, 2.05) is 6.07 Å². The van der Waals surface area contributed by atoms with Gasteiger partial charge in [0.2, 0.25) is 0 Å². The third-order valence-electron chi connectivity index (χ3n) is 3.55. The van der Waals surface area contributed by atoms with E-state index in [1.165, 1.54) is 11.1 Å². The van der Waals surface area contributed by atoms with E-state index in [-0.39, 0.29) is 25.3 Å². The minimum absolute atomic E-state index is 0.0493. The summed E-state index contributed by atoms with van der Waals surface area (Å²) in [5.74, 6) is 0.854. The predicted octanol–water partition coefficient (Wildman–Crippen LogP) is 1.02. The smallest absolute Gasteiger partial charge is 0.119 e. The third-order valence-corrected chi connectivity index (χ3v) is 3.55. The Labute approximate surface area is 108 Å². The molecule has 0 aromatic heterocycles. The van der Waals surface area contributed by atoms with Crippen LogP contribution in [-0.2, 0) is 6.42 Å². The number of hydrogen-bond acceptors (Lipinski definition) is 4. The number of fused-ring (bicyclic) bond motifs is 1. The highest BCUT2D eigenvalue weighted by atomic mass is 16.5. The third kappa shape index (κ3) is 2.83. The van der Waals surface area contributed by atoms with Crippen LogP contribution in [0.5, 0.6) is 5.75 Å². The minimum Gasteiger partial charge on any atom is -0.497 e. The molecule has 0 heterocycles. The summed E-state index contributed by atoms with van der Waals surface area (Å²) in [6, 6.07) is 6.07. The lowest BCUT2D eigenvalue weighted by Crippen LogP contribution is -2.39. The number of benzene rings is 1. The maximum atomic E-state index is 9.16. The van der Waals surface area contributed by atoms with Gasteiger partial charge in [-0.3, -0.25) is 0 Å². The van der Waals surface area contributed by atoms with E-state index < -0.39 is 0 Å². The van der Waals surface area contributed by atoms with E-state index in [9.17, 15) is 0 Å². The molecule has 1 aromatic rings. The Hall–Kier alpha value is -1.10. The maximum Gasteiger partial charge on any atom is 0.119 e. The lowest BCUT2D eigenvalue weighted by Gasteiger charge is -2.29. The van der Waals surface area contributed by atoms with Crippen LogP contribution < -0.4 is 10.1 Å². The Morgan fingerprint density at radius 3 is 2.83 bits per heavy atom. The number of aliphatic hydroxyl groups is 2. The van der Waals surface area contributed by atoms with Crippen LogP contribution >= 0.6 is 0 Å². The largest absolute Gasteiger partial charge is 0.497 e. The first-order valence-electron chi connectivity index (χ1n) is 6.43. The molecule has 18 heavy (non-hydrogen) atoms. The predicted molar refractivity (Wildman–Crippen MR) is 69.8 cm³/mol. The molecule has 4 nitrogen and oxygen atoms in total. The van der Waals surface area contributed by atoms with Gasteiger partial charge in [0.1, 0.15) is 5.75 Å². The van der Waals surface area contributed by atoms with E-state index in [0.29, 0.717) is 0 Å². The molecular formula is C14H21NO3. The summed E-state index contributed by atoms with van der Waals surface area (Å²) >= 11 is 0. The highest BCUT2D eigenvalue weighted by molar-refractivity contribution is 5.39. The second kappa shape index (κ2) is 6.18. The highest BCUT2D eigenvalue weighted by Gasteiger charge is 2.22. The Bertz CT molecular complexity index is 391. The van der Waals surface area contributed by atoms with Crippen molar-refractivity contribution >= 4 is 0 Å². The van der Waals surface area contributed by atoms with Gasteiger partial charge in [-0.25, -0.2) is 0 Å². The molecule has 0 radical (unpaired) electrons. The second-order valence-corrected chi connectivity index (χ2v) is 4.74. The quantitative estimate of drug-likeness (QED) is 0.731. The van der Waals surface area contributed by atoms with Crippen molar-refractivity contribution in [1.29, 1.82) is 0 Å². The van der Waals surface area contributed by atoms with Crippen molar-refractivity contribution in [2.75, 3.05) is 20.3 Å². The van der Waals surface area contributed by atoms with Gasteiger partial charge >= 0.3 is 0 Å². The zero-order valence-corrected chi connectivity index (χ0v) is 10.7. The second-order valence-electron chi connectivity index (χ2n) is 4.74. The average Bonchev–Trinajstić information content (AvgIpc) is 2.44. The van der Waals surface area contributed by atoms with Gasteiger partial charge in [-0.15, -0.1) is 0 Å². The van der Waals surface area contributed by atoms with Gasteiger partial charge in [-0.05, 0) is 42.5 Å². The number of hydrogen-bond donors (Lipinski definition) is 3. The van der Waals surface area contributed by atoms with Crippen LogP contribution in [0.15, 0.2) is 18.2 Å². The molecule has 1 aliphatic rings. The molecule has 1 unspecified atom stereocenters. The van der Waals surface area contributed by atoms with Crippen molar-refractivity contribution in [1.82, 2.24) is 5.32 Å². The summed E-state index contributed by atoms with van der Waals surface area (Å²) < 4.78 is 5.26. The molecule has 1 atom stereocenters. The maximum absolute atomic E-state index is 9.16. The van der Waals surface area contributed by atoms with E-state index in [0.717, 1.165) is 25.0 Å². The van der Waals surface area contributed by atoms with Gasteiger partial charge < -0.3 is 20.3 Å². The fourth-order valence-corrected chi connectivity index (χ4v) is 2.52. The van der Waals surface area contributed by atoms with Crippen molar-refractivity contribution in [3.8, 4) is 5.75 Å². The summed E-state index contributed by atoms with van der Waals surface area (Å²) in [6.45, 7) is -0.0986. The molecule has 0 saturated heterocycles. The minimum atomic E-state index is -0.257. The van der Waals surface area contributed by atoms with Gasteiger partial charge in [0.15, 0.2) is 0 Å². The van der Waals surface area contributed by atoms with Gasteiger partial charge in [-0.2, -0.15) is 0 Å². The lowest BCUT2D eigenvalue weighted by atomic mass is 9.87. The molecular weight excluding hydrogens is 230 g/mol. The van der Waals surface area contributed by atoms with Gasteiger partial charge in [0, 0.05) is 6.04 Å². The Kier molecular flexibility index (Phi) is 4.58. The van der Waals surface area contributed by atoms with E-state index in [4.69, 9.17) is 14.9 Å². The number of rotatable bonds is 5. The molecule has 0 fully saturated rings.